The summed E-state index contributed by atoms with van der Waals surface area (Å²) in [4.78, 5) is 0. The molecule has 1 nitrogen and oxygen atoms in total. The van der Waals surface area contributed by atoms with Crippen molar-refractivity contribution in [1.29, 1.82) is 0 Å². The van der Waals surface area contributed by atoms with E-state index in [1.807, 2.05) is 0 Å². The normalized spacial score (nSPS) is 20.2. The van der Waals surface area contributed by atoms with E-state index in [0.29, 0.717) is 12.0 Å². The van der Waals surface area contributed by atoms with Gasteiger partial charge in [0.1, 0.15) is 0 Å². The Morgan fingerprint density at radius 2 is 1.47 bits per heavy atom. The molecule has 0 spiro atoms. The summed E-state index contributed by atoms with van der Waals surface area (Å²) in [6, 6.07) is 0. The van der Waals surface area contributed by atoms with E-state index < -0.39 is 0 Å². The zero-order valence-electron chi connectivity index (χ0n) is 25.7. The summed E-state index contributed by atoms with van der Waals surface area (Å²) in [7, 11) is 0. The van der Waals surface area contributed by atoms with Gasteiger partial charge in [-0.05, 0) is 69.8 Å². The van der Waals surface area contributed by atoms with Crippen LogP contribution in [0.1, 0.15) is 158 Å². The van der Waals surface area contributed by atoms with E-state index in [1.54, 1.807) is 11.1 Å². The highest BCUT2D eigenvalue weighted by atomic mass is 16.5. The zero-order valence-corrected chi connectivity index (χ0v) is 25.7. The molecule has 0 amide bonds. The zero-order chi connectivity index (χ0) is 26.6. The van der Waals surface area contributed by atoms with E-state index >= 15 is 0 Å². The summed E-state index contributed by atoms with van der Waals surface area (Å²) in [6.45, 7) is 17.4. The van der Waals surface area contributed by atoms with Crippen molar-refractivity contribution in [3.8, 4) is 0 Å². The topological polar surface area (TPSA) is 9.23 Å². The number of rotatable bonds is 22. The maximum Gasteiger partial charge on any atom is 0.0850 e. The fourth-order valence-corrected chi connectivity index (χ4v) is 5.52. The van der Waals surface area contributed by atoms with Gasteiger partial charge < -0.3 is 4.74 Å². The molecule has 0 bridgehead atoms. The summed E-state index contributed by atoms with van der Waals surface area (Å²) >= 11 is 0. The molecule has 0 aromatic rings. The summed E-state index contributed by atoms with van der Waals surface area (Å²) in [5.41, 5.74) is 4.62. The Balaban J connectivity index is 2.27. The van der Waals surface area contributed by atoms with E-state index in [1.165, 1.54) is 115 Å². The van der Waals surface area contributed by atoms with Crippen LogP contribution in [0.4, 0.5) is 0 Å². The fraction of sp³-hybridized carbons (Fsp3) is 0.829. The Labute approximate surface area is 227 Å². The van der Waals surface area contributed by atoms with Crippen molar-refractivity contribution < 1.29 is 4.74 Å². The van der Waals surface area contributed by atoms with Gasteiger partial charge in [0.05, 0.1) is 6.10 Å². The Hall–Kier alpha value is -0.820. The number of hydrogen-bond acceptors (Lipinski definition) is 1. The highest BCUT2D eigenvalue weighted by Crippen LogP contribution is 2.32. The standard InChI is InChI=1S/C35H64O/c1-8-10-12-13-14-16-28-36-35-33(7)32(6)25-27-34(35)26-24-31(5)23-18-22-30(4)21-17-20-29(3)19-15-11-9-2/h19,25,27,30-31,33,35H,8-18,20-24,26,28H2,1-7H3/b29-19+. The van der Waals surface area contributed by atoms with Gasteiger partial charge in [0, 0.05) is 12.5 Å². The van der Waals surface area contributed by atoms with Crippen LogP contribution in [0, 0.1) is 17.8 Å². The lowest BCUT2D eigenvalue weighted by atomic mass is 9.83. The third-order valence-corrected chi connectivity index (χ3v) is 8.53. The first-order valence-corrected chi connectivity index (χ1v) is 16.0. The second kappa shape index (κ2) is 21.2. The van der Waals surface area contributed by atoms with Crippen molar-refractivity contribution in [2.75, 3.05) is 6.61 Å². The van der Waals surface area contributed by atoms with Gasteiger partial charge in [-0.15, -0.1) is 0 Å². The molecule has 0 fully saturated rings. The van der Waals surface area contributed by atoms with Crippen LogP contribution in [-0.2, 0) is 4.74 Å². The van der Waals surface area contributed by atoms with Crippen LogP contribution in [0.5, 0.6) is 0 Å². The maximum absolute atomic E-state index is 6.50. The molecule has 0 aliphatic heterocycles. The first-order chi connectivity index (χ1) is 17.4. The molecule has 4 unspecified atom stereocenters. The van der Waals surface area contributed by atoms with E-state index in [0.717, 1.165) is 18.4 Å². The fourth-order valence-electron chi connectivity index (χ4n) is 5.52. The van der Waals surface area contributed by atoms with E-state index in [2.05, 4.69) is 66.7 Å². The quantitative estimate of drug-likeness (QED) is 0.106. The smallest absolute Gasteiger partial charge is 0.0850 e. The minimum Gasteiger partial charge on any atom is -0.373 e. The predicted molar refractivity (Wildman–Crippen MR) is 163 cm³/mol. The van der Waals surface area contributed by atoms with Gasteiger partial charge in [0.15, 0.2) is 0 Å². The van der Waals surface area contributed by atoms with E-state index in [-0.39, 0.29) is 0 Å². The minimum absolute atomic E-state index is 0.303. The summed E-state index contributed by atoms with van der Waals surface area (Å²) in [5.74, 6) is 2.20. The SMILES string of the molecule is CCCC/C=C(\C)CCCC(C)CCCC(C)CCC1=CC=C(C)C(C)C1OCCCCCCCC. The van der Waals surface area contributed by atoms with Crippen LogP contribution < -0.4 is 0 Å². The Kier molecular flexibility index (Phi) is 19.5. The van der Waals surface area contributed by atoms with Crippen molar-refractivity contribution in [3.05, 3.63) is 34.9 Å². The predicted octanol–water partition coefficient (Wildman–Crippen LogP) is 11.8. The average Bonchev–Trinajstić information content (AvgIpc) is 2.85. The third-order valence-electron chi connectivity index (χ3n) is 8.53. The van der Waals surface area contributed by atoms with Gasteiger partial charge in [0.25, 0.3) is 0 Å². The molecule has 0 heterocycles. The van der Waals surface area contributed by atoms with E-state index in [4.69, 9.17) is 4.74 Å². The molecule has 4 atom stereocenters. The second-order valence-corrected chi connectivity index (χ2v) is 12.3. The highest BCUT2D eigenvalue weighted by Gasteiger charge is 2.26. The average molecular weight is 501 g/mol. The molecular formula is C35H64O. The van der Waals surface area contributed by atoms with Crippen LogP contribution >= 0.6 is 0 Å². The first kappa shape index (κ1) is 33.2. The lowest BCUT2D eigenvalue weighted by Crippen LogP contribution is -2.28. The Morgan fingerprint density at radius 1 is 0.833 bits per heavy atom. The molecule has 0 aromatic heterocycles. The summed E-state index contributed by atoms with van der Waals surface area (Å²) in [6.07, 6.45) is 30.1. The van der Waals surface area contributed by atoms with Gasteiger partial charge >= 0.3 is 0 Å². The Bertz CT molecular complexity index is 625. The largest absolute Gasteiger partial charge is 0.373 e. The molecule has 1 aliphatic rings. The molecule has 0 saturated heterocycles. The molecule has 1 heteroatoms. The monoisotopic (exact) mass is 500 g/mol. The van der Waals surface area contributed by atoms with Crippen molar-refractivity contribution in [3.63, 3.8) is 0 Å². The summed E-state index contributed by atoms with van der Waals surface area (Å²) < 4.78 is 6.50. The minimum atomic E-state index is 0.303. The van der Waals surface area contributed by atoms with Gasteiger partial charge in [-0.25, -0.2) is 0 Å². The maximum atomic E-state index is 6.50. The van der Waals surface area contributed by atoms with E-state index in [9.17, 15) is 0 Å². The second-order valence-electron chi connectivity index (χ2n) is 12.3. The van der Waals surface area contributed by atoms with Crippen LogP contribution in [0.15, 0.2) is 34.9 Å². The van der Waals surface area contributed by atoms with Gasteiger partial charge in [-0.3, -0.25) is 0 Å². The third kappa shape index (κ3) is 15.4. The molecule has 1 rings (SSSR count). The lowest BCUT2D eigenvalue weighted by Gasteiger charge is -2.31. The summed E-state index contributed by atoms with van der Waals surface area (Å²) in [5, 5.41) is 0. The van der Waals surface area contributed by atoms with Gasteiger partial charge in [-0.2, -0.15) is 0 Å². The molecule has 0 aromatic carbocycles. The van der Waals surface area contributed by atoms with Crippen LogP contribution in [0.25, 0.3) is 0 Å². The van der Waals surface area contributed by atoms with Gasteiger partial charge in [-0.1, -0.05) is 135 Å². The number of hydrogen-bond donors (Lipinski definition) is 0. The Morgan fingerprint density at radius 3 is 2.19 bits per heavy atom. The number of unbranched alkanes of at least 4 members (excludes halogenated alkanes) is 7. The van der Waals surface area contributed by atoms with Crippen molar-refractivity contribution in [2.24, 2.45) is 17.8 Å². The molecular weight excluding hydrogens is 436 g/mol. The lowest BCUT2D eigenvalue weighted by molar-refractivity contribution is 0.0453. The number of allylic oxidation sites excluding steroid dienone is 4. The molecule has 1 aliphatic carbocycles. The molecule has 0 N–H and O–H groups in total. The van der Waals surface area contributed by atoms with Crippen molar-refractivity contribution >= 4 is 0 Å². The highest BCUT2D eigenvalue weighted by molar-refractivity contribution is 5.29. The van der Waals surface area contributed by atoms with Gasteiger partial charge in [0.2, 0.25) is 0 Å². The van der Waals surface area contributed by atoms with Crippen LogP contribution in [0.2, 0.25) is 0 Å². The molecule has 0 saturated carbocycles. The van der Waals surface area contributed by atoms with Crippen molar-refractivity contribution in [2.45, 2.75) is 164 Å². The molecule has 36 heavy (non-hydrogen) atoms. The first-order valence-electron chi connectivity index (χ1n) is 16.0. The van der Waals surface area contributed by atoms with Crippen LogP contribution in [0.3, 0.4) is 0 Å². The molecule has 0 radical (unpaired) electrons. The molecule has 210 valence electrons. The van der Waals surface area contributed by atoms with Crippen molar-refractivity contribution in [1.82, 2.24) is 0 Å². The number of ether oxygens (including phenoxy) is 1. The van der Waals surface area contributed by atoms with Crippen LogP contribution in [-0.4, -0.2) is 12.7 Å².